The lowest BCUT2D eigenvalue weighted by atomic mass is 10.0. The van der Waals surface area contributed by atoms with Crippen molar-refractivity contribution in [2.24, 2.45) is 5.73 Å². The second-order valence-electron chi connectivity index (χ2n) is 5.21. The fourth-order valence-electron chi connectivity index (χ4n) is 2.82. The molecule has 0 spiro atoms. The van der Waals surface area contributed by atoms with E-state index < -0.39 is 0 Å². The Kier molecular flexibility index (Phi) is 6.29. The molecule has 1 unspecified atom stereocenters. The van der Waals surface area contributed by atoms with Crippen molar-refractivity contribution in [3.05, 3.63) is 54.1 Å². The summed E-state index contributed by atoms with van der Waals surface area (Å²) < 4.78 is 11.1. The minimum atomic E-state index is 0.0508. The van der Waals surface area contributed by atoms with Crippen molar-refractivity contribution >= 4 is 5.69 Å². The molecule has 0 saturated heterocycles. The molecule has 2 N–H and O–H groups in total. The zero-order valence-electron chi connectivity index (χ0n) is 14.2. The van der Waals surface area contributed by atoms with Gasteiger partial charge in [-0.05, 0) is 38.1 Å². The molecule has 23 heavy (non-hydrogen) atoms. The lowest BCUT2D eigenvalue weighted by molar-refractivity contribution is 0.329. The molecule has 2 aromatic carbocycles. The summed E-state index contributed by atoms with van der Waals surface area (Å²) in [6.07, 6.45) is 0. The topological polar surface area (TPSA) is 47.7 Å². The van der Waals surface area contributed by atoms with Gasteiger partial charge >= 0.3 is 0 Å². The molecule has 2 aromatic rings. The fraction of sp³-hybridized carbons (Fsp3) is 0.368. The van der Waals surface area contributed by atoms with Gasteiger partial charge in [-0.15, -0.1) is 0 Å². The number of nitrogens with two attached hydrogens (primary N) is 1. The Morgan fingerprint density at radius 3 is 2.39 bits per heavy atom. The predicted molar refractivity (Wildman–Crippen MR) is 95.4 cm³/mol. The first kappa shape index (κ1) is 17.2. The van der Waals surface area contributed by atoms with Crippen molar-refractivity contribution in [1.29, 1.82) is 0 Å². The van der Waals surface area contributed by atoms with E-state index in [0.29, 0.717) is 13.2 Å². The van der Waals surface area contributed by atoms with Crippen LogP contribution in [0.25, 0.3) is 0 Å². The lowest BCUT2D eigenvalue weighted by Crippen LogP contribution is -2.34. The van der Waals surface area contributed by atoms with Crippen molar-refractivity contribution in [3.8, 4) is 11.5 Å². The standard InChI is InChI=1S/C19H26N2O2/c1-4-21(15-9-7-6-8-10-15)18(14-20)17-12-11-16(22-3)13-19(17)23-5-2/h6-13,18H,4-5,14,20H2,1-3H3. The molecule has 0 bridgehead atoms. The van der Waals surface area contributed by atoms with Gasteiger partial charge in [0.15, 0.2) is 0 Å². The highest BCUT2D eigenvalue weighted by atomic mass is 16.5. The zero-order valence-corrected chi connectivity index (χ0v) is 14.2. The summed E-state index contributed by atoms with van der Waals surface area (Å²) in [5.41, 5.74) is 8.37. The summed E-state index contributed by atoms with van der Waals surface area (Å²) in [5, 5.41) is 0. The summed E-state index contributed by atoms with van der Waals surface area (Å²) in [7, 11) is 1.66. The van der Waals surface area contributed by atoms with E-state index in [2.05, 4.69) is 24.0 Å². The lowest BCUT2D eigenvalue weighted by Gasteiger charge is -2.33. The van der Waals surface area contributed by atoms with Gasteiger partial charge in [-0.25, -0.2) is 0 Å². The molecule has 0 amide bonds. The zero-order chi connectivity index (χ0) is 16.7. The van der Waals surface area contributed by atoms with Crippen LogP contribution in [0.5, 0.6) is 11.5 Å². The Morgan fingerprint density at radius 1 is 1.09 bits per heavy atom. The highest BCUT2D eigenvalue weighted by Gasteiger charge is 2.22. The third-order valence-electron chi connectivity index (χ3n) is 3.91. The van der Waals surface area contributed by atoms with Crippen LogP contribution < -0.4 is 20.1 Å². The first-order chi connectivity index (χ1) is 11.2. The Balaban J connectivity index is 2.43. The number of hydrogen-bond donors (Lipinski definition) is 1. The third kappa shape index (κ3) is 3.96. The van der Waals surface area contributed by atoms with E-state index in [1.54, 1.807) is 7.11 Å². The van der Waals surface area contributed by atoms with E-state index in [1.165, 1.54) is 0 Å². The maximum Gasteiger partial charge on any atom is 0.128 e. The Bertz CT molecular complexity index is 602. The van der Waals surface area contributed by atoms with Crippen LogP contribution in [0, 0.1) is 0 Å². The molecule has 0 aliphatic heterocycles. The first-order valence-electron chi connectivity index (χ1n) is 8.07. The molecule has 1 atom stereocenters. The summed E-state index contributed by atoms with van der Waals surface area (Å²) in [6.45, 7) is 6.10. The van der Waals surface area contributed by atoms with Crippen LogP contribution in [-0.4, -0.2) is 26.8 Å². The van der Waals surface area contributed by atoms with Crippen molar-refractivity contribution in [2.45, 2.75) is 19.9 Å². The molecular formula is C19H26N2O2. The number of nitrogens with zero attached hydrogens (tertiary/aromatic N) is 1. The van der Waals surface area contributed by atoms with E-state index in [-0.39, 0.29) is 6.04 Å². The Morgan fingerprint density at radius 2 is 1.83 bits per heavy atom. The fourth-order valence-corrected chi connectivity index (χ4v) is 2.82. The minimum absolute atomic E-state index is 0.0508. The van der Waals surface area contributed by atoms with E-state index in [1.807, 2.05) is 43.3 Å². The van der Waals surface area contributed by atoms with Gasteiger partial charge in [0, 0.05) is 30.4 Å². The van der Waals surface area contributed by atoms with Crippen molar-refractivity contribution < 1.29 is 9.47 Å². The van der Waals surface area contributed by atoms with Gasteiger partial charge < -0.3 is 20.1 Å². The molecular weight excluding hydrogens is 288 g/mol. The van der Waals surface area contributed by atoms with E-state index in [0.717, 1.165) is 29.3 Å². The van der Waals surface area contributed by atoms with Crippen LogP contribution in [-0.2, 0) is 0 Å². The first-order valence-corrected chi connectivity index (χ1v) is 8.07. The molecule has 0 aliphatic carbocycles. The minimum Gasteiger partial charge on any atom is -0.497 e. The van der Waals surface area contributed by atoms with Gasteiger partial charge in [0.05, 0.1) is 19.8 Å². The average molecular weight is 314 g/mol. The van der Waals surface area contributed by atoms with Crippen molar-refractivity contribution in [3.63, 3.8) is 0 Å². The van der Waals surface area contributed by atoms with Gasteiger partial charge in [-0.1, -0.05) is 18.2 Å². The van der Waals surface area contributed by atoms with Crippen molar-refractivity contribution in [2.75, 3.05) is 31.7 Å². The van der Waals surface area contributed by atoms with Gasteiger partial charge in [-0.3, -0.25) is 0 Å². The Labute approximate surface area is 138 Å². The van der Waals surface area contributed by atoms with Crippen LogP contribution in [0.4, 0.5) is 5.69 Å². The third-order valence-corrected chi connectivity index (χ3v) is 3.91. The van der Waals surface area contributed by atoms with E-state index in [9.17, 15) is 0 Å². The summed E-state index contributed by atoms with van der Waals surface area (Å²) in [6, 6.07) is 16.3. The van der Waals surface area contributed by atoms with E-state index >= 15 is 0 Å². The molecule has 2 rings (SSSR count). The number of ether oxygens (including phenoxy) is 2. The molecule has 4 heteroatoms. The molecule has 0 heterocycles. The quantitative estimate of drug-likeness (QED) is 0.808. The summed E-state index contributed by atoms with van der Waals surface area (Å²) in [4.78, 5) is 2.30. The van der Waals surface area contributed by atoms with Gasteiger partial charge in [0.1, 0.15) is 11.5 Å². The van der Waals surface area contributed by atoms with Crippen molar-refractivity contribution in [1.82, 2.24) is 0 Å². The van der Waals surface area contributed by atoms with E-state index in [4.69, 9.17) is 15.2 Å². The van der Waals surface area contributed by atoms with Crippen LogP contribution >= 0.6 is 0 Å². The SMILES string of the molecule is CCOc1cc(OC)ccc1C(CN)N(CC)c1ccccc1. The number of para-hydroxylation sites is 1. The predicted octanol–water partition coefficient (Wildman–Crippen LogP) is 3.62. The number of benzene rings is 2. The van der Waals surface area contributed by atoms with Gasteiger partial charge in [0.2, 0.25) is 0 Å². The average Bonchev–Trinajstić information content (AvgIpc) is 2.61. The maximum atomic E-state index is 6.13. The molecule has 0 saturated carbocycles. The molecule has 4 nitrogen and oxygen atoms in total. The normalized spacial score (nSPS) is 11.8. The van der Waals surface area contributed by atoms with Crippen LogP contribution in [0.2, 0.25) is 0 Å². The molecule has 124 valence electrons. The monoisotopic (exact) mass is 314 g/mol. The largest absolute Gasteiger partial charge is 0.497 e. The molecule has 0 aromatic heterocycles. The maximum absolute atomic E-state index is 6.13. The second kappa shape index (κ2) is 8.44. The van der Waals surface area contributed by atoms with Gasteiger partial charge in [0.25, 0.3) is 0 Å². The number of hydrogen-bond acceptors (Lipinski definition) is 4. The summed E-state index contributed by atoms with van der Waals surface area (Å²) in [5.74, 6) is 1.62. The highest BCUT2D eigenvalue weighted by molar-refractivity contribution is 5.52. The van der Waals surface area contributed by atoms with Crippen LogP contribution in [0.3, 0.4) is 0 Å². The second-order valence-corrected chi connectivity index (χ2v) is 5.21. The number of rotatable bonds is 8. The summed E-state index contributed by atoms with van der Waals surface area (Å²) >= 11 is 0. The highest BCUT2D eigenvalue weighted by Crippen LogP contribution is 2.34. The molecule has 0 radical (unpaired) electrons. The number of methoxy groups -OCH3 is 1. The molecule has 0 aliphatic rings. The number of likely N-dealkylation sites (N-methyl/N-ethyl adjacent to an activating group) is 1. The smallest absolute Gasteiger partial charge is 0.128 e. The molecule has 0 fully saturated rings. The van der Waals surface area contributed by atoms with Crippen LogP contribution in [0.15, 0.2) is 48.5 Å². The Hall–Kier alpha value is -2.20. The van der Waals surface area contributed by atoms with Crippen LogP contribution in [0.1, 0.15) is 25.5 Å². The number of anilines is 1. The van der Waals surface area contributed by atoms with Gasteiger partial charge in [-0.2, -0.15) is 0 Å².